The second kappa shape index (κ2) is 8.31. The van der Waals surface area contributed by atoms with Gasteiger partial charge in [0.25, 0.3) is 0 Å². The van der Waals surface area contributed by atoms with Gasteiger partial charge in [-0.25, -0.2) is 14.4 Å². The zero-order chi connectivity index (χ0) is 22.1. The van der Waals surface area contributed by atoms with E-state index in [1.54, 1.807) is 23.1 Å². The van der Waals surface area contributed by atoms with Crippen LogP contribution in [0.2, 0.25) is 0 Å². The summed E-state index contributed by atoms with van der Waals surface area (Å²) >= 11 is 3.14. The molecular weight excluding hydrogens is 459 g/mol. The first-order chi connectivity index (χ1) is 14.9. The number of halogens is 2. The second-order valence-corrected chi connectivity index (χ2v) is 7.85. The molecule has 0 spiro atoms. The Morgan fingerprint density at radius 2 is 2.00 bits per heavy atom. The number of aryl methyl sites for hydroxylation is 1. The fourth-order valence-electron chi connectivity index (χ4n) is 3.72. The average Bonchev–Trinajstić information content (AvgIpc) is 2.73. The zero-order valence-corrected chi connectivity index (χ0v) is 18.4. The molecule has 6 nitrogen and oxygen atoms in total. The van der Waals surface area contributed by atoms with Gasteiger partial charge in [0.15, 0.2) is 0 Å². The van der Waals surface area contributed by atoms with Gasteiger partial charge in [0.1, 0.15) is 28.4 Å². The highest BCUT2D eigenvalue weighted by Gasteiger charge is 2.26. The van der Waals surface area contributed by atoms with Gasteiger partial charge in [-0.2, -0.15) is 0 Å². The summed E-state index contributed by atoms with van der Waals surface area (Å²) < 4.78 is 14.9. The number of nitrogens with one attached hydrogen (secondary N) is 2. The molecule has 2 heterocycles. The highest BCUT2D eigenvalue weighted by Crippen LogP contribution is 2.39. The molecule has 0 bridgehead atoms. The molecule has 3 aromatic rings. The fraction of sp³-hybridized carbons (Fsp3) is 0.0870. The van der Waals surface area contributed by atoms with Crippen molar-refractivity contribution in [2.45, 2.75) is 6.92 Å². The number of nitrogen functional groups attached to an aromatic ring is 1. The van der Waals surface area contributed by atoms with E-state index in [0.717, 1.165) is 22.4 Å². The van der Waals surface area contributed by atoms with Gasteiger partial charge in [-0.3, -0.25) is 5.41 Å². The van der Waals surface area contributed by atoms with Crippen LogP contribution in [0.3, 0.4) is 0 Å². The van der Waals surface area contributed by atoms with Gasteiger partial charge < -0.3 is 16.0 Å². The van der Waals surface area contributed by atoms with Crippen molar-refractivity contribution in [3.63, 3.8) is 0 Å². The van der Waals surface area contributed by atoms with Crippen LogP contribution in [-0.4, -0.2) is 21.1 Å². The third-order valence-electron chi connectivity index (χ3n) is 5.10. The number of nitrogens with zero attached hydrogens (tertiary/aromatic N) is 3. The third kappa shape index (κ3) is 3.82. The Hall–Kier alpha value is -3.52. The van der Waals surface area contributed by atoms with Crippen molar-refractivity contribution in [2.75, 3.05) is 22.5 Å². The molecule has 0 saturated carbocycles. The molecule has 1 aromatic heterocycles. The Kier molecular flexibility index (Phi) is 5.56. The summed E-state index contributed by atoms with van der Waals surface area (Å²) in [7, 11) is 0. The standard InChI is InChI=1S/C23H20BrFN6/c1-13-6-5-7-15-10-16(11-28-23-20(21(24)26)22(27)29-12-30-23)31(14(2)19(13)15)18-9-4-3-8-17(18)25/h3-10,12,26H,2,11H2,1H3,(H3,27,28,29,30). The Morgan fingerprint density at radius 3 is 2.74 bits per heavy atom. The van der Waals surface area contributed by atoms with Crippen molar-refractivity contribution in [1.82, 2.24) is 9.97 Å². The molecule has 4 N–H and O–H groups in total. The van der Waals surface area contributed by atoms with E-state index >= 15 is 0 Å². The van der Waals surface area contributed by atoms with E-state index in [2.05, 4.69) is 37.8 Å². The van der Waals surface area contributed by atoms with Crippen molar-refractivity contribution in [3.8, 4) is 0 Å². The van der Waals surface area contributed by atoms with E-state index in [1.165, 1.54) is 12.4 Å². The maximum atomic E-state index is 14.8. The van der Waals surface area contributed by atoms with Crippen LogP contribution < -0.4 is 16.0 Å². The summed E-state index contributed by atoms with van der Waals surface area (Å²) in [5.74, 6) is 0.249. The first-order valence-electron chi connectivity index (χ1n) is 9.51. The summed E-state index contributed by atoms with van der Waals surface area (Å²) in [6.07, 6.45) is 3.33. The van der Waals surface area contributed by atoms with E-state index in [1.807, 2.05) is 31.2 Å². The van der Waals surface area contributed by atoms with E-state index in [9.17, 15) is 4.39 Å². The molecule has 1 aliphatic rings. The quantitative estimate of drug-likeness (QED) is 0.440. The maximum Gasteiger partial charge on any atom is 0.147 e. The van der Waals surface area contributed by atoms with Gasteiger partial charge in [0, 0.05) is 17.0 Å². The summed E-state index contributed by atoms with van der Waals surface area (Å²) in [5.41, 5.74) is 11.2. The molecular formula is C23H20BrFN6. The molecule has 0 atom stereocenters. The Labute approximate surface area is 188 Å². The van der Waals surface area contributed by atoms with Gasteiger partial charge in [-0.15, -0.1) is 0 Å². The SMILES string of the molecule is C=C1c2c(C)cccc2C=C(CNc2ncnc(N)c2C(=N)Br)N1c1ccccc1F. The summed E-state index contributed by atoms with van der Waals surface area (Å²) in [6.45, 7) is 6.59. The highest BCUT2D eigenvalue weighted by atomic mass is 79.9. The van der Waals surface area contributed by atoms with Gasteiger partial charge in [-0.05, 0) is 52.2 Å². The van der Waals surface area contributed by atoms with Gasteiger partial charge in [-0.1, -0.05) is 36.9 Å². The number of hydrogen-bond donors (Lipinski definition) is 3. The lowest BCUT2D eigenvalue weighted by Crippen LogP contribution is -2.29. The zero-order valence-electron chi connectivity index (χ0n) is 16.8. The van der Waals surface area contributed by atoms with Crippen LogP contribution in [-0.2, 0) is 0 Å². The molecule has 31 heavy (non-hydrogen) atoms. The fourth-order valence-corrected chi connectivity index (χ4v) is 4.11. The van der Waals surface area contributed by atoms with Gasteiger partial charge in [0.2, 0.25) is 0 Å². The molecule has 8 heteroatoms. The minimum absolute atomic E-state index is 0.0714. The predicted octanol–water partition coefficient (Wildman–Crippen LogP) is 5.17. The summed E-state index contributed by atoms with van der Waals surface area (Å²) in [5, 5.41) is 11.1. The average molecular weight is 479 g/mol. The molecule has 0 fully saturated rings. The van der Waals surface area contributed by atoms with Crippen LogP contribution in [0, 0.1) is 18.2 Å². The topological polar surface area (TPSA) is 90.9 Å². The Bertz CT molecular complexity index is 1240. The normalized spacial score (nSPS) is 12.9. The van der Waals surface area contributed by atoms with Crippen molar-refractivity contribution in [1.29, 1.82) is 5.41 Å². The van der Waals surface area contributed by atoms with E-state index in [4.69, 9.17) is 11.1 Å². The van der Waals surface area contributed by atoms with Crippen LogP contribution in [0.25, 0.3) is 11.8 Å². The van der Waals surface area contributed by atoms with Crippen LogP contribution in [0.4, 0.5) is 21.7 Å². The van der Waals surface area contributed by atoms with Crippen LogP contribution in [0.5, 0.6) is 0 Å². The molecule has 4 rings (SSSR count). The van der Waals surface area contributed by atoms with E-state index < -0.39 is 0 Å². The third-order valence-corrected chi connectivity index (χ3v) is 5.50. The molecule has 156 valence electrons. The molecule has 0 amide bonds. The Morgan fingerprint density at radius 1 is 1.23 bits per heavy atom. The number of anilines is 3. The first kappa shape index (κ1) is 20.7. The van der Waals surface area contributed by atoms with Gasteiger partial charge in [0.05, 0.1) is 17.8 Å². The minimum Gasteiger partial charge on any atom is -0.383 e. The summed E-state index contributed by atoms with van der Waals surface area (Å²) in [4.78, 5) is 9.98. The number of nitrogens with two attached hydrogens (primary N) is 1. The smallest absolute Gasteiger partial charge is 0.147 e. The summed E-state index contributed by atoms with van der Waals surface area (Å²) in [6, 6.07) is 12.6. The van der Waals surface area contributed by atoms with Crippen LogP contribution >= 0.6 is 15.9 Å². The lowest BCUT2D eigenvalue weighted by molar-refractivity contribution is 0.627. The minimum atomic E-state index is -0.346. The van der Waals surface area contributed by atoms with Crippen LogP contribution in [0.15, 0.2) is 61.1 Å². The van der Waals surface area contributed by atoms with Crippen molar-refractivity contribution < 1.29 is 4.39 Å². The molecule has 1 aliphatic heterocycles. The number of rotatable bonds is 5. The number of aromatic nitrogens is 2. The first-order valence-corrected chi connectivity index (χ1v) is 10.3. The number of hydrogen-bond acceptors (Lipinski definition) is 6. The largest absolute Gasteiger partial charge is 0.383 e. The van der Waals surface area contributed by atoms with Crippen LogP contribution in [0.1, 0.15) is 22.3 Å². The number of para-hydroxylation sites is 1. The number of fused-ring (bicyclic) bond motifs is 1. The van der Waals surface area contributed by atoms with Crippen molar-refractivity contribution >= 4 is 49.6 Å². The lowest BCUT2D eigenvalue weighted by atomic mass is 9.93. The van der Waals surface area contributed by atoms with E-state index in [-0.39, 0.29) is 16.3 Å². The molecule has 2 aromatic carbocycles. The van der Waals surface area contributed by atoms with Crippen molar-refractivity contribution in [3.05, 3.63) is 89.1 Å². The molecule has 0 saturated heterocycles. The lowest BCUT2D eigenvalue weighted by Gasteiger charge is -2.35. The number of benzene rings is 2. The molecule has 0 aliphatic carbocycles. The van der Waals surface area contributed by atoms with Crippen molar-refractivity contribution in [2.24, 2.45) is 0 Å². The second-order valence-electron chi connectivity index (χ2n) is 7.06. The van der Waals surface area contributed by atoms with E-state index in [0.29, 0.717) is 29.3 Å². The Balaban J connectivity index is 1.79. The maximum absolute atomic E-state index is 14.8. The monoisotopic (exact) mass is 478 g/mol. The van der Waals surface area contributed by atoms with Gasteiger partial charge >= 0.3 is 0 Å². The molecule has 0 radical (unpaired) electrons. The predicted molar refractivity (Wildman–Crippen MR) is 128 cm³/mol. The highest BCUT2D eigenvalue weighted by molar-refractivity contribution is 9.18. The molecule has 0 unspecified atom stereocenters.